The fourth-order valence-electron chi connectivity index (χ4n) is 1.72. The summed E-state index contributed by atoms with van der Waals surface area (Å²) >= 11 is 0. The first-order valence-corrected chi connectivity index (χ1v) is 5.43. The van der Waals surface area contributed by atoms with Gasteiger partial charge in [-0.05, 0) is 12.8 Å². The summed E-state index contributed by atoms with van der Waals surface area (Å²) in [5, 5.41) is 0. The third-order valence-electron chi connectivity index (χ3n) is 2.71. The monoisotopic (exact) mass is 188 g/mol. The number of nitrogens with zero attached hydrogens (tertiary/aromatic N) is 1. The number of piperidine rings is 1. The van der Waals surface area contributed by atoms with Crippen molar-refractivity contribution in [2.75, 3.05) is 26.3 Å². The number of likely N-dealkylation sites (tertiary alicyclic amines) is 1. The van der Waals surface area contributed by atoms with Gasteiger partial charge in [-0.15, -0.1) is 0 Å². The van der Waals surface area contributed by atoms with E-state index in [0.717, 1.165) is 26.1 Å². The van der Waals surface area contributed by atoms with E-state index in [-0.39, 0.29) is 1.43 Å². The summed E-state index contributed by atoms with van der Waals surface area (Å²) in [5.74, 6) is 0. The van der Waals surface area contributed by atoms with Gasteiger partial charge in [0.15, 0.2) is 0 Å². The van der Waals surface area contributed by atoms with Crippen LogP contribution >= 0.6 is 0 Å². The first kappa shape index (κ1) is 11.0. The first-order valence-electron chi connectivity index (χ1n) is 5.43. The number of ether oxygens (including phenoxy) is 1. The van der Waals surface area contributed by atoms with E-state index in [1.165, 1.54) is 13.1 Å². The predicted octanol–water partition coefficient (Wildman–Crippen LogP) is 1.08. The van der Waals surface area contributed by atoms with Gasteiger partial charge in [0.05, 0.1) is 19.3 Å². The van der Waals surface area contributed by atoms with Crippen LogP contribution in [0, 0.1) is 0 Å². The molecule has 2 rings (SSSR count). The van der Waals surface area contributed by atoms with Crippen LogP contribution in [0.1, 0.15) is 28.1 Å². The predicted molar refractivity (Wildman–Crippen MR) is 56.9 cm³/mol. The molecule has 0 unspecified atom stereocenters. The lowest BCUT2D eigenvalue weighted by molar-refractivity contribution is -0.0710. The molecule has 3 heteroatoms. The second kappa shape index (κ2) is 5.58. The molecule has 0 aliphatic carbocycles. The highest BCUT2D eigenvalue weighted by atomic mass is 16.5. The maximum absolute atomic E-state index is 5.80. The molecule has 0 amide bonds. The van der Waals surface area contributed by atoms with Gasteiger partial charge in [0, 0.05) is 20.6 Å². The van der Waals surface area contributed by atoms with Crippen LogP contribution in [0.25, 0.3) is 0 Å². The van der Waals surface area contributed by atoms with E-state index in [4.69, 9.17) is 10.5 Å². The molecule has 2 aliphatic rings. The molecule has 2 fully saturated rings. The van der Waals surface area contributed by atoms with Crippen LogP contribution in [0.5, 0.6) is 0 Å². The normalized spacial score (nSPS) is 26.1. The Morgan fingerprint density at radius 2 is 1.77 bits per heavy atom. The standard InChI is InChI=1S/C8H16N2O.C2H6.H2/c9-7-1-3-10(4-2-7)8-5-11-6-8;1-2;/h7-8H,1-6,9H2;1-2H3;1H. The Kier molecular flexibility index (Phi) is 4.70. The molecule has 0 aromatic heterocycles. The van der Waals surface area contributed by atoms with Crippen LogP contribution in [0.15, 0.2) is 0 Å². The number of rotatable bonds is 1. The zero-order valence-corrected chi connectivity index (χ0v) is 8.83. The summed E-state index contributed by atoms with van der Waals surface area (Å²) in [4.78, 5) is 2.51. The lowest BCUT2D eigenvalue weighted by atomic mass is 10.0. The molecule has 0 radical (unpaired) electrons. The Balaban J connectivity index is 0.000000531. The fourth-order valence-corrected chi connectivity index (χ4v) is 1.72. The van der Waals surface area contributed by atoms with Crippen molar-refractivity contribution in [3.63, 3.8) is 0 Å². The summed E-state index contributed by atoms with van der Waals surface area (Å²) in [6.45, 7) is 8.23. The van der Waals surface area contributed by atoms with Crippen LogP contribution in [0.3, 0.4) is 0 Å². The molecule has 13 heavy (non-hydrogen) atoms. The topological polar surface area (TPSA) is 38.5 Å². The highest BCUT2D eigenvalue weighted by Crippen LogP contribution is 2.16. The van der Waals surface area contributed by atoms with Gasteiger partial charge in [0.1, 0.15) is 0 Å². The van der Waals surface area contributed by atoms with Gasteiger partial charge >= 0.3 is 0 Å². The SMILES string of the molecule is CC.NC1CCN(C2COC2)CC1.[HH]. The summed E-state index contributed by atoms with van der Waals surface area (Å²) in [7, 11) is 0. The Morgan fingerprint density at radius 3 is 2.15 bits per heavy atom. The molecule has 3 nitrogen and oxygen atoms in total. The Morgan fingerprint density at radius 1 is 1.23 bits per heavy atom. The Bertz CT molecular complexity index is 134. The van der Waals surface area contributed by atoms with Gasteiger partial charge in [-0.2, -0.15) is 0 Å². The highest BCUT2D eigenvalue weighted by Gasteiger charge is 2.28. The van der Waals surface area contributed by atoms with E-state index < -0.39 is 0 Å². The van der Waals surface area contributed by atoms with Crippen LogP contribution in [0.4, 0.5) is 0 Å². The minimum Gasteiger partial charge on any atom is -0.378 e. The first-order chi connectivity index (χ1) is 6.36. The van der Waals surface area contributed by atoms with E-state index in [1.807, 2.05) is 13.8 Å². The minimum atomic E-state index is 0. The van der Waals surface area contributed by atoms with Crippen molar-refractivity contribution >= 4 is 0 Å². The van der Waals surface area contributed by atoms with E-state index in [9.17, 15) is 0 Å². The third-order valence-corrected chi connectivity index (χ3v) is 2.71. The molecule has 2 N–H and O–H groups in total. The third kappa shape index (κ3) is 2.93. The van der Waals surface area contributed by atoms with Crippen molar-refractivity contribution in [2.45, 2.75) is 38.8 Å². The largest absolute Gasteiger partial charge is 0.378 e. The molecule has 80 valence electrons. The second-order valence-electron chi connectivity index (χ2n) is 3.56. The van der Waals surface area contributed by atoms with Crippen molar-refractivity contribution in [1.29, 1.82) is 0 Å². The van der Waals surface area contributed by atoms with Crippen LogP contribution in [0.2, 0.25) is 0 Å². The van der Waals surface area contributed by atoms with Crippen molar-refractivity contribution in [3.05, 3.63) is 0 Å². The fraction of sp³-hybridized carbons (Fsp3) is 1.00. The molecular formula is C10H24N2O. The van der Waals surface area contributed by atoms with Crippen molar-refractivity contribution in [2.24, 2.45) is 5.73 Å². The van der Waals surface area contributed by atoms with E-state index in [1.54, 1.807) is 0 Å². The number of hydrogen-bond acceptors (Lipinski definition) is 3. The van der Waals surface area contributed by atoms with Gasteiger partial charge in [0.2, 0.25) is 0 Å². The summed E-state index contributed by atoms with van der Waals surface area (Å²) in [6.07, 6.45) is 2.33. The van der Waals surface area contributed by atoms with E-state index >= 15 is 0 Å². The quantitative estimate of drug-likeness (QED) is 0.669. The van der Waals surface area contributed by atoms with Gasteiger partial charge in [-0.25, -0.2) is 0 Å². The van der Waals surface area contributed by atoms with Gasteiger partial charge < -0.3 is 10.5 Å². The summed E-state index contributed by atoms with van der Waals surface area (Å²) in [6, 6.07) is 1.16. The van der Waals surface area contributed by atoms with Crippen LogP contribution < -0.4 is 5.73 Å². The Hall–Kier alpha value is -0.120. The molecule has 0 aromatic rings. The van der Waals surface area contributed by atoms with Crippen molar-refractivity contribution < 1.29 is 6.16 Å². The summed E-state index contributed by atoms with van der Waals surface area (Å²) in [5.41, 5.74) is 5.80. The van der Waals surface area contributed by atoms with E-state index in [2.05, 4.69) is 4.90 Å². The number of hydrogen-bond donors (Lipinski definition) is 1. The van der Waals surface area contributed by atoms with Crippen molar-refractivity contribution in [1.82, 2.24) is 4.90 Å². The molecule has 0 bridgehead atoms. The van der Waals surface area contributed by atoms with Crippen molar-refractivity contribution in [3.8, 4) is 0 Å². The maximum atomic E-state index is 5.80. The van der Waals surface area contributed by atoms with Gasteiger partial charge in [-0.1, -0.05) is 13.8 Å². The number of nitrogens with two attached hydrogens (primary N) is 1. The molecule has 0 aromatic carbocycles. The second-order valence-corrected chi connectivity index (χ2v) is 3.56. The molecule has 2 heterocycles. The Labute approximate surface area is 82.7 Å². The van der Waals surface area contributed by atoms with Gasteiger partial charge in [0.25, 0.3) is 0 Å². The lowest BCUT2D eigenvalue weighted by Crippen LogP contribution is -2.53. The highest BCUT2D eigenvalue weighted by molar-refractivity contribution is 4.82. The minimum absolute atomic E-state index is 0. The smallest absolute Gasteiger partial charge is 0.0645 e. The molecule has 0 atom stereocenters. The molecule has 0 saturated carbocycles. The van der Waals surface area contributed by atoms with E-state index in [0.29, 0.717) is 12.1 Å². The molecular weight excluding hydrogens is 164 g/mol. The van der Waals surface area contributed by atoms with Gasteiger partial charge in [-0.3, -0.25) is 4.90 Å². The average molecular weight is 188 g/mol. The molecule has 2 saturated heterocycles. The molecule has 2 aliphatic heterocycles. The van der Waals surface area contributed by atoms with Crippen LogP contribution in [-0.2, 0) is 4.74 Å². The lowest BCUT2D eigenvalue weighted by Gasteiger charge is -2.40. The summed E-state index contributed by atoms with van der Waals surface area (Å²) < 4.78 is 5.14. The maximum Gasteiger partial charge on any atom is 0.0645 e. The zero-order valence-electron chi connectivity index (χ0n) is 8.83. The average Bonchev–Trinajstić information content (AvgIpc) is 2.09. The van der Waals surface area contributed by atoms with Crippen LogP contribution in [-0.4, -0.2) is 43.3 Å². The molecule has 0 spiro atoms. The zero-order chi connectivity index (χ0) is 9.68.